The molecule has 1 aromatic heterocycles. The van der Waals surface area contributed by atoms with Crippen LogP contribution in [0.1, 0.15) is 17.3 Å². The molecule has 0 aliphatic heterocycles. The van der Waals surface area contributed by atoms with Crippen LogP contribution in [0.15, 0.2) is 9.21 Å². The van der Waals surface area contributed by atoms with Crippen molar-refractivity contribution in [3.63, 3.8) is 0 Å². The summed E-state index contributed by atoms with van der Waals surface area (Å²) in [6, 6.07) is 0. The van der Waals surface area contributed by atoms with Gasteiger partial charge in [-0.1, -0.05) is 6.92 Å². The minimum absolute atomic E-state index is 0.0169. The van der Waals surface area contributed by atoms with Crippen LogP contribution >= 0.6 is 31.9 Å². The van der Waals surface area contributed by atoms with Crippen molar-refractivity contribution >= 4 is 37.8 Å². The lowest BCUT2D eigenvalue weighted by molar-refractivity contribution is 0.0517. The van der Waals surface area contributed by atoms with Crippen molar-refractivity contribution in [1.29, 1.82) is 0 Å². The first-order valence-electron chi connectivity index (χ1n) is 4.71. The molecule has 0 aromatic carbocycles. The van der Waals surface area contributed by atoms with Gasteiger partial charge in [-0.25, -0.2) is 4.79 Å². The van der Waals surface area contributed by atoms with Gasteiger partial charge in [-0.2, -0.15) is 5.10 Å². The summed E-state index contributed by atoms with van der Waals surface area (Å²) < 4.78 is 1.89. The van der Waals surface area contributed by atoms with Gasteiger partial charge >= 0.3 is 5.97 Å². The van der Waals surface area contributed by atoms with E-state index in [-0.39, 0.29) is 29.9 Å². The van der Waals surface area contributed by atoms with Gasteiger partial charge in [0.25, 0.3) is 0 Å². The molecular weight excluding hydrogens is 360 g/mol. The summed E-state index contributed by atoms with van der Waals surface area (Å²) in [4.78, 5) is 10.9. The van der Waals surface area contributed by atoms with Crippen molar-refractivity contribution in [3.8, 4) is 0 Å². The highest BCUT2D eigenvalue weighted by molar-refractivity contribution is 9.11. The van der Waals surface area contributed by atoms with E-state index in [9.17, 15) is 15.0 Å². The zero-order chi connectivity index (χ0) is 13.2. The standard InChI is InChI=1S/C9H12Br2N2O4/c1-9(3-14,4-15)2-13-7(11)5(8(16)17)6(10)12-13/h14-15H,2-4H2,1H3,(H,16,17). The number of carboxylic acid groups (broad SMARTS) is 1. The minimum Gasteiger partial charge on any atom is -0.477 e. The Morgan fingerprint density at radius 1 is 1.41 bits per heavy atom. The van der Waals surface area contributed by atoms with Crippen molar-refractivity contribution in [1.82, 2.24) is 9.78 Å². The lowest BCUT2D eigenvalue weighted by Crippen LogP contribution is -2.32. The number of carbonyl (C=O) groups is 1. The van der Waals surface area contributed by atoms with Gasteiger partial charge in [0.2, 0.25) is 0 Å². The summed E-state index contributed by atoms with van der Waals surface area (Å²) in [6.45, 7) is 1.42. The Bertz CT molecular complexity index is 429. The molecule has 0 saturated heterocycles. The smallest absolute Gasteiger partial charge is 0.341 e. The Balaban J connectivity index is 3.09. The number of rotatable bonds is 5. The van der Waals surface area contributed by atoms with Gasteiger partial charge in [0, 0.05) is 5.41 Å². The van der Waals surface area contributed by atoms with Crippen LogP contribution in [0.4, 0.5) is 0 Å². The maximum absolute atomic E-state index is 10.9. The Morgan fingerprint density at radius 2 is 1.94 bits per heavy atom. The fraction of sp³-hybridized carbons (Fsp3) is 0.556. The molecule has 1 aromatic rings. The fourth-order valence-corrected chi connectivity index (χ4v) is 2.58. The molecule has 0 spiro atoms. The summed E-state index contributed by atoms with van der Waals surface area (Å²) in [5.74, 6) is -1.11. The van der Waals surface area contributed by atoms with Gasteiger partial charge in [0.05, 0.1) is 19.8 Å². The molecule has 0 atom stereocenters. The number of halogens is 2. The molecule has 0 saturated carbocycles. The van der Waals surface area contributed by atoms with E-state index in [4.69, 9.17) is 5.11 Å². The molecule has 6 nitrogen and oxygen atoms in total. The van der Waals surface area contributed by atoms with Crippen LogP contribution < -0.4 is 0 Å². The second kappa shape index (κ2) is 5.47. The van der Waals surface area contributed by atoms with Gasteiger partial charge in [-0.3, -0.25) is 4.68 Å². The van der Waals surface area contributed by atoms with Crippen LogP contribution in [0.3, 0.4) is 0 Å². The predicted molar refractivity (Wildman–Crippen MR) is 66.9 cm³/mol. The SMILES string of the molecule is CC(CO)(CO)Cn1nc(Br)c(C(=O)O)c1Br. The van der Waals surface area contributed by atoms with E-state index >= 15 is 0 Å². The van der Waals surface area contributed by atoms with Crippen LogP contribution in [0.2, 0.25) is 0 Å². The molecular formula is C9H12Br2N2O4. The summed E-state index contributed by atoms with van der Waals surface area (Å²) >= 11 is 6.19. The molecule has 0 unspecified atom stereocenters. The first-order valence-corrected chi connectivity index (χ1v) is 6.30. The fourth-order valence-electron chi connectivity index (χ4n) is 1.21. The van der Waals surface area contributed by atoms with Crippen LogP contribution in [0.5, 0.6) is 0 Å². The second-order valence-electron chi connectivity index (χ2n) is 4.05. The molecule has 1 heterocycles. The monoisotopic (exact) mass is 370 g/mol. The Labute approximate surface area is 115 Å². The predicted octanol–water partition coefficient (Wildman–Crippen LogP) is 1.10. The number of aliphatic hydroxyl groups excluding tert-OH is 2. The number of hydrogen-bond donors (Lipinski definition) is 3. The first-order chi connectivity index (χ1) is 7.84. The lowest BCUT2D eigenvalue weighted by Gasteiger charge is -2.24. The van der Waals surface area contributed by atoms with Crippen LogP contribution in [-0.4, -0.2) is 44.3 Å². The number of aliphatic hydroxyl groups is 2. The topological polar surface area (TPSA) is 95.6 Å². The second-order valence-corrected chi connectivity index (χ2v) is 5.55. The molecule has 0 aliphatic rings. The molecule has 96 valence electrons. The molecule has 0 fully saturated rings. The van der Waals surface area contributed by atoms with Gasteiger partial charge in [-0.15, -0.1) is 0 Å². The number of carboxylic acids is 1. The molecule has 8 heteroatoms. The molecule has 0 bridgehead atoms. The molecule has 17 heavy (non-hydrogen) atoms. The maximum Gasteiger partial charge on any atom is 0.341 e. The van der Waals surface area contributed by atoms with E-state index in [0.29, 0.717) is 4.60 Å². The van der Waals surface area contributed by atoms with Crippen LogP contribution in [-0.2, 0) is 6.54 Å². The van der Waals surface area contributed by atoms with E-state index < -0.39 is 11.4 Å². The highest BCUT2D eigenvalue weighted by Crippen LogP contribution is 2.28. The highest BCUT2D eigenvalue weighted by atomic mass is 79.9. The van der Waals surface area contributed by atoms with Crippen molar-refractivity contribution in [2.45, 2.75) is 13.5 Å². The summed E-state index contributed by atoms with van der Waals surface area (Å²) in [6.07, 6.45) is 0. The van der Waals surface area contributed by atoms with Gasteiger partial charge in [-0.05, 0) is 31.9 Å². The Kier molecular flexibility index (Phi) is 4.70. The van der Waals surface area contributed by atoms with E-state index in [1.165, 1.54) is 4.68 Å². The van der Waals surface area contributed by atoms with E-state index in [0.717, 1.165) is 0 Å². The van der Waals surface area contributed by atoms with E-state index in [1.807, 2.05) is 0 Å². The zero-order valence-electron chi connectivity index (χ0n) is 9.02. The number of hydrogen-bond acceptors (Lipinski definition) is 4. The van der Waals surface area contributed by atoms with Gasteiger partial charge < -0.3 is 15.3 Å². The van der Waals surface area contributed by atoms with E-state index in [2.05, 4.69) is 37.0 Å². The summed E-state index contributed by atoms with van der Waals surface area (Å²) in [5, 5.41) is 31.3. The molecule has 3 N–H and O–H groups in total. The summed E-state index contributed by atoms with van der Waals surface area (Å²) in [7, 11) is 0. The normalized spacial score (nSPS) is 11.8. The quantitative estimate of drug-likeness (QED) is 0.720. The molecule has 1 rings (SSSR count). The van der Waals surface area contributed by atoms with Crippen molar-refractivity contribution in [2.75, 3.05) is 13.2 Å². The van der Waals surface area contributed by atoms with Gasteiger partial charge in [0.15, 0.2) is 0 Å². The molecule has 0 radical (unpaired) electrons. The zero-order valence-corrected chi connectivity index (χ0v) is 12.2. The van der Waals surface area contributed by atoms with Gasteiger partial charge in [0.1, 0.15) is 14.8 Å². The third-order valence-corrected chi connectivity index (χ3v) is 3.72. The summed E-state index contributed by atoms with van der Waals surface area (Å²) in [5.41, 5.74) is -0.743. The maximum atomic E-state index is 10.9. The third kappa shape index (κ3) is 3.06. The Morgan fingerprint density at radius 3 is 2.29 bits per heavy atom. The van der Waals surface area contributed by atoms with Crippen molar-refractivity contribution in [3.05, 3.63) is 14.8 Å². The van der Waals surface area contributed by atoms with Crippen molar-refractivity contribution in [2.24, 2.45) is 5.41 Å². The first kappa shape index (κ1) is 14.6. The van der Waals surface area contributed by atoms with E-state index in [1.54, 1.807) is 6.92 Å². The third-order valence-electron chi connectivity index (χ3n) is 2.36. The average molecular weight is 372 g/mol. The van der Waals surface area contributed by atoms with Crippen LogP contribution in [0.25, 0.3) is 0 Å². The van der Waals surface area contributed by atoms with Crippen LogP contribution in [0, 0.1) is 5.41 Å². The lowest BCUT2D eigenvalue weighted by atomic mass is 9.93. The molecule has 0 aliphatic carbocycles. The Hall–Kier alpha value is -0.440. The van der Waals surface area contributed by atoms with Crippen molar-refractivity contribution < 1.29 is 20.1 Å². The number of aromatic nitrogens is 2. The molecule has 0 amide bonds. The average Bonchev–Trinajstić information content (AvgIpc) is 2.53. The minimum atomic E-state index is -1.11. The largest absolute Gasteiger partial charge is 0.477 e. The number of nitrogens with zero attached hydrogens (tertiary/aromatic N) is 2. The highest BCUT2D eigenvalue weighted by Gasteiger charge is 2.27. The number of aromatic carboxylic acids is 1.